The minimum absolute atomic E-state index is 0.450. The molecule has 2 aromatic rings. The fourth-order valence-corrected chi connectivity index (χ4v) is 3.01. The van der Waals surface area contributed by atoms with E-state index in [4.69, 9.17) is 15.0 Å². The molecule has 0 aliphatic heterocycles. The van der Waals surface area contributed by atoms with E-state index < -0.39 is 0 Å². The standard InChI is InChI=1S/C16H20N2O2/c1-19-13-9-7-11(8-10-13)14-15(20-18-16(14)17)12-5-3-2-4-6-12/h7-10,12H,2-6H2,1H3,(H2,17,18). The molecule has 1 aromatic heterocycles. The first-order valence-electron chi connectivity index (χ1n) is 7.19. The molecule has 0 unspecified atom stereocenters. The van der Waals surface area contributed by atoms with Gasteiger partial charge in [0.15, 0.2) is 5.82 Å². The summed E-state index contributed by atoms with van der Waals surface area (Å²) in [6.45, 7) is 0. The number of nitrogen functional groups attached to an aromatic ring is 1. The van der Waals surface area contributed by atoms with E-state index in [1.54, 1.807) is 7.11 Å². The van der Waals surface area contributed by atoms with Crippen LogP contribution < -0.4 is 10.5 Å². The van der Waals surface area contributed by atoms with Crippen molar-refractivity contribution in [1.82, 2.24) is 5.16 Å². The van der Waals surface area contributed by atoms with Crippen molar-refractivity contribution in [2.24, 2.45) is 0 Å². The molecule has 106 valence electrons. The number of benzene rings is 1. The number of nitrogens with two attached hydrogens (primary N) is 1. The van der Waals surface area contributed by atoms with E-state index in [0.29, 0.717) is 11.7 Å². The lowest BCUT2D eigenvalue weighted by Crippen LogP contribution is -2.05. The van der Waals surface area contributed by atoms with Gasteiger partial charge in [0, 0.05) is 5.92 Å². The van der Waals surface area contributed by atoms with Crippen molar-refractivity contribution < 1.29 is 9.26 Å². The van der Waals surface area contributed by atoms with E-state index >= 15 is 0 Å². The maximum atomic E-state index is 6.01. The van der Waals surface area contributed by atoms with E-state index in [-0.39, 0.29) is 0 Å². The Morgan fingerprint density at radius 1 is 1.15 bits per heavy atom. The lowest BCUT2D eigenvalue weighted by molar-refractivity contribution is 0.323. The fraction of sp³-hybridized carbons (Fsp3) is 0.438. The fourth-order valence-electron chi connectivity index (χ4n) is 3.01. The summed E-state index contributed by atoms with van der Waals surface area (Å²) in [5, 5.41) is 3.98. The van der Waals surface area contributed by atoms with Gasteiger partial charge in [-0.15, -0.1) is 0 Å². The lowest BCUT2D eigenvalue weighted by Gasteiger charge is -2.20. The summed E-state index contributed by atoms with van der Waals surface area (Å²) in [5.41, 5.74) is 8.02. The normalized spacial score (nSPS) is 16.2. The minimum Gasteiger partial charge on any atom is -0.497 e. The van der Waals surface area contributed by atoms with Crippen LogP contribution >= 0.6 is 0 Å². The van der Waals surface area contributed by atoms with Gasteiger partial charge < -0.3 is 15.0 Å². The van der Waals surface area contributed by atoms with Crippen LogP contribution in [0.2, 0.25) is 0 Å². The molecule has 4 nitrogen and oxygen atoms in total. The SMILES string of the molecule is COc1ccc(-c2c(N)noc2C2CCCCC2)cc1. The Morgan fingerprint density at radius 2 is 1.85 bits per heavy atom. The molecule has 0 saturated heterocycles. The topological polar surface area (TPSA) is 61.3 Å². The number of nitrogens with zero attached hydrogens (tertiary/aromatic N) is 1. The lowest BCUT2D eigenvalue weighted by atomic mass is 9.85. The molecule has 3 rings (SSSR count). The van der Waals surface area contributed by atoms with Crippen LogP contribution in [0.4, 0.5) is 5.82 Å². The van der Waals surface area contributed by atoms with Crippen LogP contribution in [0.25, 0.3) is 11.1 Å². The van der Waals surface area contributed by atoms with Crippen LogP contribution in [-0.4, -0.2) is 12.3 Å². The van der Waals surface area contributed by atoms with Gasteiger partial charge in [0.1, 0.15) is 11.5 Å². The molecule has 1 saturated carbocycles. The zero-order valence-corrected chi connectivity index (χ0v) is 11.8. The molecule has 4 heteroatoms. The van der Waals surface area contributed by atoms with Gasteiger partial charge in [-0.2, -0.15) is 0 Å². The van der Waals surface area contributed by atoms with Gasteiger partial charge in [-0.05, 0) is 30.5 Å². The van der Waals surface area contributed by atoms with Crippen molar-refractivity contribution in [1.29, 1.82) is 0 Å². The number of hydrogen-bond donors (Lipinski definition) is 1. The molecule has 1 aromatic carbocycles. The van der Waals surface area contributed by atoms with E-state index in [9.17, 15) is 0 Å². The number of methoxy groups -OCH3 is 1. The Kier molecular flexibility index (Phi) is 3.63. The second kappa shape index (κ2) is 5.57. The molecular formula is C16H20N2O2. The van der Waals surface area contributed by atoms with Crippen LogP contribution in [0.5, 0.6) is 5.75 Å². The molecule has 0 bridgehead atoms. The molecule has 0 atom stereocenters. The molecule has 0 spiro atoms. The average molecular weight is 272 g/mol. The third-order valence-electron chi connectivity index (χ3n) is 4.10. The molecule has 1 aliphatic carbocycles. The summed E-state index contributed by atoms with van der Waals surface area (Å²) < 4.78 is 10.7. The Bertz CT molecular complexity index is 569. The molecule has 0 radical (unpaired) electrons. The molecule has 0 amide bonds. The van der Waals surface area contributed by atoms with Gasteiger partial charge in [0.2, 0.25) is 0 Å². The van der Waals surface area contributed by atoms with Crippen LogP contribution in [0.3, 0.4) is 0 Å². The van der Waals surface area contributed by atoms with Crippen molar-refractivity contribution in [3.8, 4) is 16.9 Å². The first kappa shape index (κ1) is 13.0. The molecule has 1 aliphatic rings. The molecule has 2 N–H and O–H groups in total. The summed E-state index contributed by atoms with van der Waals surface area (Å²) in [6.07, 6.45) is 6.16. The van der Waals surface area contributed by atoms with Gasteiger partial charge in [-0.25, -0.2) is 0 Å². The highest BCUT2D eigenvalue weighted by Gasteiger charge is 2.25. The van der Waals surface area contributed by atoms with Crippen molar-refractivity contribution >= 4 is 5.82 Å². The third kappa shape index (κ3) is 2.38. The number of rotatable bonds is 3. The highest BCUT2D eigenvalue weighted by Crippen LogP contribution is 2.40. The summed E-state index contributed by atoms with van der Waals surface area (Å²) >= 11 is 0. The van der Waals surface area contributed by atoms with Crippen LogP contribution in [0, 0.1) is 0 Å². The molecule has 1 heterocycles. The highest BCUT2D eigenvalue weighted by atomic mass is 16.5. The van der Waals surface area contributed by atoms with Gasteiger partial charge >= 0.3 is 0 Å². The summed E-state index contributed by atoms with van der Waals surface area (Å²) in [6, 6.07) is 7.89. The van der Waals surface area contributed by atoms with Crippen molar-refractivity contribution in [3.63, 3.8) is 0 Å². The predicted octanol–water partition coefficient (Wildman–Crippen LogP) is 3.98. The first-order chi connectivity index (χ1) is 9.79. The van der Waals surface area contributed by atoms with Crippen LogP contribution in [0.1, 0.15) is 43.8 Å². The summed E-state index contributed by atoms with van der Waals surface area (Å²) in [5.74, 6) is 2.72. The zero-order valence-electron chi connectivity index (χ0n) is 11.8. The number of ether oxygens (including phenoxy) is 1. The monoisotopic (exact) mass is 272 g/mol. The average Bonchev–Trinajstić information content (AvgIpc) is 2.90. The maximum absolute atomic E-state index is 6.01. The van der Waals surface area contributed by atoms with Gasteiger partial charge in [-0.1, -0.05) is 36.6 Å². The summed E-state index contributed by atoms with van der Waals surface area (Å²) in [4.78, 5) is 0. The minimum atomic E-state index is 0.450. The van der Waals surface area contributed by atoms with Crippen LogP contribution in [-0.2, 0) is 0 Å². The first-order valence-corrected chi connectivity index (χ1v) is 7.19. The number of anilines is 1. The smallest absolute Gasteiger partial charge is 0.175 e. The Morgan fingerprint density at radius 3 is 2.50 bits per heavy atom. The van der Waals surface area contributed by atoms with Gasteiger partial charge in [0.05, 0.1) is 12.7 Å². The van der Waals surface area contributed by atoms with E-state index in [1.165, 1.54) is 19.3 Å². The van der Waals surface area contributed by atoms with Crippen LogP contribution in [0.15, 0.2) is 28.8 Å². The quantitative estimate of drug-likeness (QED) is 0.918. The van der Waals surface area contributed by atoms with E-state index in [2.05, 4.69) is 5.16 Å². The summed E-state index contributed by atoms with van der Waals surface area (Å²) in [7, 11) is 1.66. The molecular weight excluding hydrogens is 252 g/mol. The number of hydrogen-bond acceptors (Lipinski definition) is 4. The Balaban J connectivity index is 1.96. The zero-order chi connectivity index (χ0) is 13.9. The van der Waals surface area contributed by atoms with Crippen molar-refractivity contribution in [3.05, 3.63) is 30.0 Å². The predicted molar refractivity (Wildman–Crippen MR) is 78.7 cm³/mol. The second-order valence-corrected chi connectivity index (χ2v) is 5.37. The van der Waals surface area contributed by atoms with Gasteiger partial charge in [-0.3, -0.25) is 0 Å². The van der Waals surface area contributed by atoms with Gasteiger partial charge in [0.25, 0.3) is 0 Å². The van der Waals surface area contributed by atoms with Crippen molar-refractivity contribution in [2.45, 2.75) is 38.0 Å². The Labute approximate surface area is 118 Å². The highest BCUT2D eigenvalue weighted by molar-refractivity contribution is 5.76. The molecule has 1 fully saturated rings. The van der Waals surface area contributed by atoms with Crippen molar-refractivity contribution in [2.75, 3.05) is 12.8 Å². The van der Waals surface area contributed by atoms with E-state index in [0.717, 1.165) is 35.5 Å². The Hall–Kier alpha value is -1.97. The maximum Gasteiger partial charge on any atom is 0.175 e. The second-order valence-electron chi connectivity index (χ2n) is 5.37. The number of aromatic nitrogens is 1. The largest absolute Gasteiger partial charge is 0.497 e. The molecule has 20 heavy (non-hydrogen) atoms. The third-order valence-corrected chi connectivity index (χ3v) is 4.10. The van der Waals surface area contributed by atoms with E-state index in [1.807, 2.05) is 24.3 Å².